The summed E-state index contributed by atoms with van der Waals surface area (Å²) in [6, 6.07) is 10.3. The number of carbonyl (C=O) groups is 1. The van der Waals surface area contributed by atoms with Crippen LogP contribution in [-0.2, 0) is 17.8 Å². The summed E-state index contributed by atoms with van der Waals surface area (Å²) in [6.07, 6.45) is 3.12. The van der Waals surface area contributed by atoms with E-state index < -0.39 is 5.97 Å². The molecule has 0 saturated heterocycles. The van der Waals surface area contributed by atoms with Gasteiger partial charge in [-0.15, -0.1) is 0 Å². The van der Waals surface area contributed by atoms with E-state index in [1.165, 1.54) is 11.8 Å². The molecule has 0 atom stereocenters. The number of nitrogens with one attached hydrogen (secondary N) is 1. The topological polar surface area (TPSA) is 103 Å². The number of methoxy groups -OCH3 is 2. The molecule has 9 nitrogen and oxygen atoms in total. The minimum absolute atomic E-state index is 0.0254. The van der Waals surface area contributed by atoms with Crippen LogP contribution in [0.4, 0.5) is 0 Å². The predicted octanol–water partition coefficient (Wildman–Crippen LogP) is 5.02. The molecule has 2 aromatic heterocycles. The van der Waals surface area contributed by atoms with E-state index in [0.29, 0.717) is 31.4 Å². The highest BCUT2D eigenvalue weighted by molar-refractivity contribution is 9.10. The molecule has 4 aromatic rings. The van der Waals surface area contributed by atoms with Crippen LogP contribution in [0.15, 0.2) is 47.2 Å². The fourth-order valence-corrected chi connectivity index (χ4v) is 4.54. The molecule has 0 aliphatic carbocycles. The van der Waals surface area contributed by atoms with E-state index in [1.807, 2.05) is 20.2 Å². The summed E-state index contributed by atoms with van der Waals surface area (Å²) in [5.41, 5.74) is 4.68. The van der Waals surface area contributed by atoms with E-state index in [2.05, 4.69) is 68.9 Å². The summed E-state index contributed by atoms with van der Waals surface area (Å²) in [7, 11) is 7.05. The van der Waals surface area contributed by atoms with Crippen molar-refractivity contribution < 1.29 is 19.4 Å². The number of rotatable bonds is 9. The molecule has 2 heterocycles. The third kappa shape index (κ3) is 6.20. The van der Waals surface area contributed by atoms with Crippen molar-refractivity contribution in [2.45, 2.75) is 32.9 Å². The Morgan fingerprint density at radius 3 is 2.43 bits per heavy atom. The average Bonchev–Trinajstić information content (AvgIpc) is 3.50. The summed E-state index contributed by atoms with van der Waals surface area (Å²) in [5, 5.41) is 12.2. The maximum Gasteiger partial charge on any atom is 0.372 e. The van der Waals surface area contributed by atoms with Crippen LogP contribution in [0.5, 0.6) is 5.75 Å². The number of aromatic carboxylic acids is 1. The average molecular weight is 573 g/mol. The van der Waals surface area contributed by atoms with Crippen LogP contribution in [-0.4, -0.2) is 65.1 Å². The smallest absolute Gasteiger partial charge is 0.372 e. The van der Waals surface area contributed by atoms with Crippen molar-refractivity contribution in [3.63, 3.8) is 0 Å². The van der Waals surface area contributed by atoms with Crippen molar-refractivity contribution in [2.24, 2.45) is 0 Å². The van der Waals surface area contributed by atoms with Gasteiger partial charge in [0, 0.05) is 31.6 Å². The minimum atomic E-state index is -1.08. The van der Waals surface area contributed by atoms with Gasteiger partial charge in [-0.3, -0.25) is 0 Å². The van der Waals surface area contributed by atoms with Gasteiger partial charge in [-0.1, -0.05) is 38.1 Å². The van der Waals surface area contributed by atoms with Gasteiger partial charge in [-0.2, -0.15) is 0 Å². The maximum atomic E-state index is 11.5. The van der Waals surface area contributed by atoms with Gasteiger partial charge >= 0.3 is 5.97 Å². The zero-order valence-electron chi connectivity index (χ0n) is 22.1. The lowest BCUT2D eigenvalue weighted by Gasteiger charge is -2.14. The SMILES string of the molecule is CNC.COCCn1c(-c2ccc(C(C)C)cc2)nc2c(Br)c(Cn3ccnc3C(=O)O)cc(OC)c21. The van der Waals surface area contributed by atoms with Gasteiger partial charge in [0.2, 0.25) is 5.82 Å². The number of halogens is 1. The molecule has 198 valence electrons. The molecule has 10 heteroatoms. The van der Waals surface area contributed by atoms with Crippen molar-refractivity contribution in [1.82, 2.24) is 24.4 Å². The monoisotopic (exact) mass is 571 g/mol. The van der Waals surface area contributed by atoms with E-state index >= 15 is 0 Å². The molecule has 0 bridgehead atoms. The molecule has 0 spiro atoms. The van der Waals surface area contributed by atoms with Crippen molar-refractivity contribution in [3.8, 4) is 17.1 Å². The molecule has 0 unspecified atom stereocenters. The third-order valence-corrected chi connectivity index (χ3v) is 6.70. The minimum Gasteiger partial charge on any atom is -0.494 e. The number of carboxylic acids is 1. The number of hydrogen-bond acceptors (Lipinski definition) is 6. The molecule has 4 rings (SSSR count). The molecular formula is C27H34BrN5O4. The van der Waals surface area contributed by atoms with Crippen molar-refractivity contribution >= 4 is 32.9 Å². The Labute approximate surface area is 225 Å². The zero-order valence-corrected chi connectivity index (χ0v) is 23.7. The second-order valence-electron chi connectivity index (χ2n) is 8.79. The highest BCUT2D eigenvalue weighted by atomic mass is 79.9. The first kappa shape index (κ1) is 28.4. The number of benzene rings is 2. The summed E-state index contributed by atoms with van der Waals surface area (Å²) in [5.74, 6) is 0.802. The molecule has 37 heavy (non-hydrogen) atoms. The van der Waals surface area contributed by atoms with Crippen molar-refractivity contribution in [1.29, 1.82) is 0 Å². The Morgan fingerprint density at radius 1 is 1.19 bits per heavy atom. The second-order valence-corrected chi connectivity index (χ2v) is 9.58. The lowest BCUT2D eigenvalue weighted by atomic mass is 10.0. The van der Waals surface area contributed by atoms with Crippen LogP contribution < -0.4 is 10.1 Å². The van der Waals surface area contributed by atoms with Gasteiger partial charge in [0.25, 0.3) is 0 Å². The fraction of sp³-hybridized carbons (Fsp3) is 0.370. The van der Waals surface area contributed by atoms with Gasteiger partial charge in [-0.25, -0.2) is 14.8 Å². The number of imidazole rings is 2. The van der Waals surface area contributed by atoms with Gasteiger partial charge in [0.1, 0.15) is 22.6 Å². The van der Waals surface area contributed by atoms with Crippen LogP contribution in [0.25, 0.3) is 22.4 Å². The second kappa shape index (κ2) is 12.8. The summed E-state index contributed by atoms with van der Waals surface area (Å²) < 4.78 is 15.6. The van der Waals surface area contributed by atoms with Crippen molar-refractivity contribution in [3.05, 3.63) is 64.1 Å². The molecule has 0 fully saturated rings. The Hall–Kier alpha value is -3.21. The number of nitrogens with zero attached hydrogens (tertiary/aromatic N) is 4. The molecule has 2 N–H and O–H groups in total. The van der Waals surface area contributed by atoms with Crippen LogP contribution in [0.3, 0.4) is 0 Å². The molecule has 2 aromatic carbocycles. The quantitative estimate of drug-likeness (QED) is 0.290. The zero-order chi connectivity index (χ0) is 27.1. The van der Waals surface area contributed by atoms with Gasteiger partial charge in [0.05, 0.1) is 24.7 Å². The third-order valence-electron chi connectivity index (χ3n) is 5.82. The van der Waals surface area contributed by atoms with Gasteiger partial charge in [-0.05, 0) is 53.1 Å². The van der Waals surface area contributed by atoms with E-state index in [-0.39, 0.29) is 5.82 Å². The number of aromatic nitrogens is 4. The van der Waals surface area contributed by atoms with Crippen LogP contribution in [0.1, 0.15) is 41.5 Å². The summed E-state index contributed by atoms with van der Waals surface area (Å²) >= 11 is 3.73. The first-order chi connectivity index (χ1) is 17.8. The van der Waals surface area contributed by atoms with Gasteiger partial charge < -0.3 is 29.0 Å². The number of carboxylic acid groups (broad SMARTS) is 1. The molecule has 0 aliphatic heterocycles. The standard InChI is InChI=1S/C25H27BrN4O4.C2H7N/c1-15(2)16-5-7-17(8-6-16)23-28-21-20(26)18(14-29-10-9-27-24(29)25(31)32)13-19(34-4)22(21)30(23)11-12-33-3;1-3-2/h5-10,13,15H,11-12,14H2,1-4H3,(H,31,32);3H,1-2H3. The number of fused-ring (bicyclic) bond motifs is 1. The van der Waals surface area contributed by atoms with Crippen LogP contribution >= 0.6 is 15.9 Å². The lowest BCUT2D eigenvalue weighted by Crippen LogP contribution is -2.11. The van der Waals surface area contributed by atoms with E-state index in [1.54, 1.807) is 25.0 Å². The summed E-state index contributed by atoms with van der Waals surface area (Å²) in [4.78, 5) is 20.5. The lowest BCUT2D eigenvalue weighted by molar-refractivity contribution is 0.0679. The Balaban J connectivity index is 0.00000121. The summed E-state index contributed by atoms with van der Waals surface area (Å²) in [6.45, 7) is 5.76. The Kier molecular flexibility index (Phi) is 9.85. The highest BCUT2D eigenvalue weighted by Crippen LogP contribution is 2.38. The molecule has 0 amide bonds. The Morgan fingerprint density at radius 2 is 1.86 bits per heavy atom. The number of ether oxygens (including phenoxy) is 2. The predicted molar refractivity (Wildman–Crippen MR) is 149 cm³/mol. The largest absolute Gasteiger partial charge is 0.494 e. The molecule has 0 saturated carbocycles. The van der Waals surface area contributed by atoms with Crippen molar-refractivity contribution in [2.75, 3.05) is 34.9 Å². The normalized spacial score (nSPS) is 11.0. The first-order valence-electron chi connectivity index (χ1n) is 11.9. The first-order valence-corrected chi connectivity index (χ1v) is 12.7. The fourth-order valence-electron chi connectivity index (χ4n) is 4.02. The van der Waals surface area contributed by atoms with E-state index in [9.17, 15) is 9.90 Å². The molecular weight excluding hydrogens is 538 g/mol. The molecule has 0 radical (unpaired) electrons. The van der Waals surface area contributed by atoms with Crippen LogP contribution in [0.2, 0.25) is 0 Å². The molecule has 0 aliphatic rings. The van der Waals surface area contributed by atoms with E-state index in [0.717, 1.165) is 32.5 Å². The Bertz CT molecular complexity index is 1350. The van der Waals surface area contributed by atoms with Gasteiger partial charge in [0.15, 0.2) is 0 Å². The van der Waals surface area contributed by atoms with Crippen LogP contribution in [0, 0.1) is 0 Å². The number of hydrogen-bond donors (Lipinski definition) is 2. The maximum absolute atomic E-state index is 11.5. The van der Waals surface area contributed by atoms with E-state index in [4.69, 9.17) is 14.5 Å². The highest BCUT2D eigenvalue weighted by Gasteiger charge is 2.22.